The van der Waals surface area contributed by atoms with Gasteiger partial charge >= 0.3 is 12.0 Å². The highest BCUT2D eigenvalue weighted by molar-refractivity contribution is 5.97. The Morgan fingerprint density at radius 3 is 2.43 bits per heavy atom. The van der Waals surface area contributed by atoms with Crippen molar-refractivity contribution in [1.82, 2.24) is 10.6 Å². The van der Waals surface area contributed by atoms with Gasteiger partial charge in [0.2, 0.25) is 0 Å². The standard InChI is InChI=1S/C21H22N2O5/c24-18-10-8-14(9-11-18)15-4-3-5-16(12-15)20(26)28-13-19(25)23-21(27)22-17-6-1-2-7-17/h3-5,8-12,17,24H,1-2,6-7,13H2,(H2,22,23,25,27). The lowest BCUT2D eigenvalue weighted by Crippen LogP contribution is -2.44. The zero-order valence-electron chi connectivity index (χ0n) is 15.3. The maximum absolute atomic E-state index is 12.2. The molecule has 0 aliphatic heterocycles. The van der Waals surface area contributed by atoms with Gasteiger partial charge in [0, 0.05) is 6.04 Å². The molecule has 28 heavy (non-hydrogen) atoms. The van der Waals surface area contributed by atoms with E-state index in [0.29, 0.717) is 0 Å². The predicted octanol–water partition coefficient (Wildman–Crippen LogP) is 2.98. The predicted molar refractivity (Wildman–Crippen MR) is 103 cm³/mol. The van der Waals surface area contributed by atoms with E-state index in [1.54, 1.807) is 42.5 Å². The SMILES string of the molecule is O=C(COC(=O)c1cccc(-c2ccc(O)cc2)c1)NC(=O)NC1CCCC1. The van der Waals surface area contributed by atoms with Gasteiger partial charge in [0.1, 0.15) is 5.75 Å². The zero-order chi connectivity index (χ0) is 19.9. The first-order chi connectivity index (χ1) is 13.5. The average molecular weight is 382 g/mol. The number of benzene rings is 2. The molecule has 146 valence electrons. The Morgan fingerprint density at radius 2 is 1.71 bits per heavy atom. The summed E-state index contributed by atoms with van der Waals surface area (Å²) < 4.78 is 5.00. The molecule has 0 spiro atoms. The molecular weight excluding hydrogens is 360 g/mol. The molecule has 1 saturated carbocycles. The number of imide groups is 1. The maximum atomic E-state index is 12.2. The quantitative estimate of drug-likeness (QED) is 0.690. The number of carbonyl (C=O) groups excluding carboxylic acids is 3. The second kappa shape index (κ2) is 9.03. The average Bonchev–Trinajstić information content (AvgIpc) is 3.19. The number of carbonyl (C=O) groups is 3. The van der Waals surface area contributed by atoms with Crippen LogP contribution in [-0.4, -0.2) is 35.7 Å². The number of nitrogens with one attached hydrogen (secondary N) is 2. The van der Waals surface area contributed by atoms with Crippen molar-refractivity contribution in [3.63, 3.8) is 0 Å². The van der Waals surface area contributed by atoms with Gasteiger partial charge in [-0.15, -0.1) is 0 Å². The van der Waals surface area contributed by atoms with Gasteiger partial charge in [-0.25, -0.2) is 9.59 Å². The lowest BCUT2D eigenvalue weighted by Gasteiger charge is -2.12. The van der Waals surface area contributed by atoms with Crippen LogP contribution in [0.1, 0.15) is 36.0 Å². The first kappa shape index (κ1) is 19.4. The van der Waals surface area contributed by atoms with Gasteiger partial charge in [0.15, 0.2) is 6.61 Å². The van der Waals surface area contributed by atoms with Crippen LogP contribution >= 0.6 is 0 Å². The van der Waals surface area contributed by atoms with Crippen LogP contribution in [0, 0.1) is 0 Å². The van der Waals surface area contributed by atoms with E-state index in [1.807, 2.05) is 6.07 Å². The van der Waals surface area contributed by atoms with Crippen LogP contribution in [0.5, 0.6) is 5.75 Å². The highest BCUT2D eigenvalue weighted by atomic mass is 16.5. The maximum Gasteiger partial charge on any atom is 0.338 e. The molecule has 0 aromatic heterocycles. The van der Waals surface area contributed by atoms with Crippen LogP contribution in [0.15, 0.2) is 48.5 Å². The van der Waals surface area contributed by atoms with E-state index < -0.39 is 24.5 Å². The number of hydrogen-bond acceptors (Lipinski definition) is 5. The van der Waals surface area contributed by atoms with Crippen molar-refractivity contribution < 1.29 is 24.2 Å². The highest BCUT2D eigenvalue weighted by Gasteiger charge is 2.19. The van der Waals surface area contributed by atoms with Gasteiger partial charge in [0.05, 0.1) is 5.56 Å². The Bertz CT molecular complexity index is 857. The van der Waals surface area contributed by atoms with Crippen LogP contribution in [0.3, 0.4) is 0 Å². The van der Waals surface area contributed by atoms with Crippen LogP contribution in [0.25, 0.3) is 11.1 Å². The molecule has 2 aromatic carbocycles. The number of urea groups is 1. The van der Waals surface area contributed by atoms with Crippen molar-refractivity contribution in [2.24, 2.45) is 0 Å². The Kier molecular flexibility index (Phi) is 6.26. The van der Waals surface area contributed by atoms with E-state index in [-0.39, 0.29) is 17.4 Å². The van der Waals surface area contributed by atoms with Crippen molar-refractivity contribution in [1.29, 1.82) is 0 Å². The fraction of sp³-hybridized carbons (Fsp3) is 0.286. The molecular formula is C21H22N2O5. The van der Waals surface area contributed by atoms with E-state index in [2.05, 4.69) is 10.6 Å². The minimum atomic E-state index is -0.682. The summed E-state index contributed by atoms with van der Waals surface area (Å²) in [4.78, 5) is 35.8. The molecule has 3 amide bonds. The molecule has 1 aliphatic rings. The fourth-order valence-electron chi connectivity index (χ4n) is 3.15. The summed E-state index contributed by atoms with van der Waals surface area (Å²) in [5.74, 6) is -1.19. The normalized spacial score (nSPS) is 13.7. The summed E-state index contributed by atoms with van der Waals surface area (Å²) in [6.07, 6.45) is 3.96. The second-order valence-corrected chi connectivity index (χ2v) is 6.71. The summed E-state index contributed by atoms with van der Waals surface area (Å²) in [6, 6.07) is 12.8. The Labute approximate surface area is 162 Å². The molecule has 3 N–H and O–H groups in total. The summed E-state index contributed by atoms with van der Waals surface area (Å²) in [5, 5.41) is 14.3. The minimum Gasteiger partial charge on any atom is -0.508 e. The summed E-state index contributed by atoms with van der Waals surface area (Å²) in [5.41, 5.74) is 1.89. The highest BCUT2D eigenvalue weighted by Crippen LogP contribution is 2.23. The molecule has 0 saturated heterocycles. The smallest absolute Gasteiger partial charge is 0.338 e. The fourth-order valence-corrected chi connectivity index (χ4v) is 3.15. The third kappa shape index (κ3) is 5.33. The summed E-state index contributed by atoms with van der Waals surface area (Å²) in [7, 11) is 0. The van der Waals surface area contributed by atoms with Crippen molar-refractivity contribution in [3.05, 3.63) is 54.1 Å². The summed E-state index contributed by atoms with van der Waals surface area (Å²) in [6.45, 7) is -0.541. The molecule has 0 heterocycles. The largest absolute Gasteiger partial charge is 0.508 e. The zero-order valence-corrected chi connectivity index (χ0v) is 15.3. The number of amides is 3. The molecule has 0 unspecified atom stereocenters. The molecule has 3 rings (SSSR count). The second-order valence-electron chi connectivity index (χ2n) is 6.71. The van der Waals surface area contributed by atoms with E-state index in [1.165, 1.54) is 0 Å². The van der Waals surface area contributed by atoms with E-state index in [4.69, 9.17) is 4.74 Å². The van der Waals surface area contributed by atoms with Crippen LogP contribution < -0.4 is 10.6 Å². The molecule has 1 aliphatic carbocycles. The van der Waals surface area contributed by atoms with Gasteiger partial charge < -0.3 is 15.2 Å². The number of hydrogen-bond donors (Lipinski definition) is 3. The molecule has 7 nitrogen and oxygen atoms in total. The number of aromatic hydroxyl groups is 1. The monoisotopic (exact) mass is 382 g/mol. The number of esters is 1. The topological polar surface area (TPSA) is 105 Å². The van der Waals surface area contributed by atoms with Gasteiger partial charge in [-0.2, -0.15) is 0 Å². The van der Waals surface area contributed by atoms with Gasteiger partial charge in [-0.1, -0.05) is 37.1 Å². The Morgan fingerprint density at radius 1 is 1.00 bits per heavy atom. The van der Waals surface area contributed by atoms with Crippen molar-refractivity contribution in [2.75, 3.05) is 6.61 Å². The third-order valence-electron chi connectivity index (χ3n) is 4.58. The van der Waals surface area contributed by atoms with E-state index in [9.17, 15) is 19.5 Å². The minimum absolute atomic E-state index is 0.0954. The van der Waals surface area contributed by atoms with Crippen molar-refractivity contribution >= 4 is 17.9 Å². The number of phenols is 1. The lowest BCUT2D eigenvalue weighted by molar-refractivity contribution is -0.123. The van der Waals surface area contributed by atoms with Gasteiger partial charge in [-0.3, -0.25) is 10.1 Å². The molecule has 7 heteroatoms. The number of phenolic OH excluding ortho intramolecular Hbond substituents is 1. The molecule has 0 bridgehead atoms. The van der Waals surface area contributed by atoms with Crippen molar-refractivity contribution in [3.8, 4) is 16.9 Å². The molecule has 1 fully saturated rings. The number of rotatable bonds is 5. The van der Waals surface area contributed by atoms with E-state index >= 15 is 0 Å². The van der Waals surface area contributed by atoms with Gasteiger partial charge in [0.25, 0.3) is 5.91 Å². The molecule has 0 radical (unpaired) electrons. The molecule has 2 aromatic rings. The number of ether oxygens (including phenoxy) is 1. The Hall–Kier alpha value is -3.35. The lowest BCUT2D eigenvalue weighted by atomic mass is 10.0. The molecule has 0 atom stereocenters. The van der Waals surface area contributed by atoms with Crippen molar-refractivity contribution in [2.45, 2.75) is 31.7 Å². The van der Waals surface area contributed by atoms with Gasteiger partial charge in [-0.05, 0) is 48.2 Å². The first-order valence-electron chi connectivity index (χ1n) is 9.18. The summed E-state index contributed by atoms with van der Waals surface area (Å²) >= 11 is 0. The van der Waals surface area contributed by atoms with Crippen LogP contribution in [0.2, 0.25) is 0 Å². The van der Waals surface area contributed by atoms with Crippen LogP contribution in [-0.2, 0) is 9.53 Å². The Balaban J connectivity index is 1.51. The van der Waals surface area contributed by atoms with Crippen LogP contribution in [0.4, 0.5) is 4.79 Å². The first-order valence-corrected chi connectivity index (χ1v) is 9.18. The third-order valence-corrected chi connectivity index (χ3v) is 4.58. The van der Waals surface area contributed by atoms with E-state index in [0.717, 1.165) is 36.8 Å².